The van der Waals surface area contributed by atoms with Gasteiger partial charge in [-0.2, -0.15) is 10.2 Å². The Balaban J connectivity index is 2.04. The van der Waals surface area contributed by atoms with E-state index in [0.29, 0.717) is 22.1 Å². The highest BCUT2D eigenvalue weighted by Gasteiger charge is 2.27. The predicted molar refractivity (Wildman–Crippen MR) is 93.6 cm³/mol. The van der Waals surface area contributed by atoms with Gasteiger partial charge in [0.2, 0.25) is 0 Å². The van der Waals surface area contributed by atoms with Crippen LogP contribution in [-0.4, -0.2) is 13.2 Å². The summed E-state index contributed by atoms with van der Waals surface area (Å²) in [7, 11) is -3.59. The summed E-state index contributed by atoms with van der Waals surface area (Å²) in [5.41, 5.74) is 1.32. The molecule has 2 aromatic carbocycles. The molecule has 2 aromatic rings. The standard InChI is InChI=1S/C16H18ClN2O4P/c1-3-21-24(20,22-4-2)23-16-11-9-15(10-12-16)19-18-14-7-5-13(17)6-8-14/h5-12H,3-4H2,1-2H3. The largest absolute Gasteiger partial charge is 0.530 e. The number of hydrogen-bond donors (Lipinski definition) is 0. The number of halogens is 1. The van der Waals surface area contributed by atoms with E-state index in [4.69, 9.17) is 25.2 Å². The zero-order valence-electron chi connectivity index (χ0n) is 13.4. The molecule has 0 heterocycles. The first-order valence-corrected chi connectivity index (χ1v) is 9.24. The van der Waals surface area contributed by atoms with Crippen LogP contribution in [0.4, 0.5) is 11.4 Å². The molecule has 0 saturated heterocycles. The van der Waals surface area contributed by atoms with E-state index < -0.39 is 7.82 Å². The summed E-state index contributed by atoms with van der Waals surface area (Å²) in [6, 6.07) is 13.7. The monoisotopic (exact) mass is 368 g/mol. The topological polar surface area (TPSA) is 69.5 Å². The summed E-state index contributed by atoms with van der Waals surface area (Å²) in [6.07, 6.45) is 0. The van der Waals surface area contributed by atoms with Crippen molar-refractivity contribution in [2.75, 3.05) is 13.2 Å². The van der Waals surface area contributed by atoms with Crippen molar-refractivity contribution >= 4 is 30.8 Å². The summed E-state index contributed by atoms with van der Waals surface area (Å²) in [6.45, 7) is 3.89. The number of rotatable bonds is 8. The summed E-state index contributed by atoms with van der Waals surface area (Å²) in [5, 5.41) is 8.86. The second-order valence-corrected chi connectivity index (χ2v) is 6.57. The molecule has 0 amide bonds. The molecule has 0 atom stereocenters. The molecular formula is C16H18ClN2O4P. The molecule has 0 fully saturated rings. The number of phosphoric ester groups is 1. The van der Waals surface area contributed by atoms with Gasteiger partial charge in [-0.05, 0) is 62.4 Å². The summed E-state index contributed by atoms with van der Waals surface area (Å²) in [4.78, 5) is 0. The van der Waals surface area contributed by atoms with Gasteiger partial charge in [0, 0.05) is 5.02 Å². The number of hydrogen-bond acceptors (Lipinski definition) is 6. The van der Waals surface area contributed by atoms with Crippen LogP contribution in [0.1, 0.15) is 13.8 Å². The van der Waals surface area contributed by atoms with E-state index in [1.807, 2.05) is 0 Å². The Morgan fingerprint density at radius 1 is 0.875 bits per heavy atom. The Morgan fingerprint density at radius 2 is 1.33 bits per heavy atom. The van der Waals surface area contributed by atoms with Gasteiger partial charge in [0.15, 0.2) is 0 Å². The fourth-order valence-corrected chi connectivity index (χ4v) is 3.05. The molecule has 2 rings (SSSR count). The van der Waals surface area contributed by atoms with E-state index in [1.165, 1.54) is 0 Å². The lowest BCUT2D eigenvalue weighted by Gasteiger charge is -2.16. The molecule has 0 unspecified atom stereocenters. The van der Waals surface area contributed by atoms with Crippen LogP contribution in [0.5, 0.6) is 5.75 Å². The molecule has 0 aliphatic heterocycles. The van der Waals surface area contributed by atoms with Crippen LogP contribution in [0.2, 0.25) is 5.02 Å². The van der Waals surface area contributed by atoms with E-state index in [1.54, 1.807) is 62.4 Å². The summed E-state index contributed by atoms with van der Waals surface area (Å²) in [5.74, 6) is 0.366. The lowest BCUT2D eigenvalue weighted by molar-refractivity contribution is 0.167. The zero-order chi connectivity index (χ0) is 17.4. The van der Waals surface area contributed by atoms with Gasteiger partial charge >= 0.3 is 7.82 Å². The normalized spacial score (nSPS) is 11.8. The van der Waals surface area contributed by atoms with Gasteiger partial charge < -0.3 is 4.52 Å². The number of azo groups is 1. The van der Waals surface area contributed by atoms with Crippen LogP contribution < -0.4 is 4.52 Å². The van der Waals surface area contributed by atoms with Crippen molar-refractivity contribution in [3.63, 3.8) is 0 Å². The van der Waals surface area contributed by atoms with Crippen molar-refractivity contribution in [3.8, 4) is 5.75 Å². The Hall–Kier alpha value is -1.72. The van der Waals surface area contributed by atoms with Gasteiger partial charge in [0.1, 0.15) is 5.75 Å². The molecule has 0 aliphatic rings. The second-order valence-electron chi connectivity index (χ2n) is 4.54. The van der Waals surface area contributed by atoms with Gasteiger partial charge in [0.05, 0.1) is 24.6 Å². The van der Waals surface area contributed by atoms with Crippen molar-refractivity contribution < 1.29 is 18.1 Å². The third-order valence-electron chi connectivity index (χ3n) is 2.74. The molecule has 24 heavy (non-hydrogen) atoms. The van der Waals surface area contributed by atoms with Crippen molar-refractivity contribution in [1.29, 1.82) is 0 Å². The van der Waals surface area contributed by atoms with Crippen LogP contribution >= 0.6 is 19.4 Å². The summed E-state index contributed by atoms with van der Waals surface area (Å²) < 4.78 is 27.8. The number of phosphoric acid groups is 1. The average Bonchev–Trinajstić information content (AvgIpc) is 2.56. The highest BCUT2D eigenvalue weighted by atomic mass is 35.5. The van der Waals surface area contributed by atoms with Crippen molar-refractivity contribution in [1.82, 2.24) is 0 Å². The fourth-order valence-electron chi connectivity index (χ4n) is 1.73. The molecule has 0 radical (unpaired) electrons. The third kappa shape index (κ3) is 5.73. The van der Waals surface area contributed by atoms with Gasteiger partial charge in [-0.3, -0.25) is 9.05 Å². The predicted octanol–water partition coefficient (Wildman–Crippen LogP) is 6.32. The Bertz CT molecular complexity index is 710. The SMILES string of the molecule is CCOP(=O)(OCC)Oc1ccc(N=Nc2ccc(Cl)cc2)cc1. The Morgan fingerprint density at radius 3 is 1.79 bits per heavy atom. The van der Waals surface area contributed by atoms with E-state index in [-0.39, 0.29) is 13.2 Å². The molecule has 0 saturated carbocycles. The maximum absolute atomic E-state index is 12.3. The maximum Gasteiger partial charge on any atom is 0.530 e. The van der Waals surface area contributed by atoms with Gasteiger partial charge in [-0.1, -0.05) is 11.6 Å². The van der Waals surface area contributed by atoms with Crippen LogP contribution in [0.3, 0.4) is 0 Å². The molecule has 0 aromatic heterocycles. The van der Waals surface area contributed by atoms with Gasteiger partial charge in [0.25, 0.3) is 0 Å². The molecule has 0 spiro atoms. The van der Waals surface area contributed by atoms with Crippen LogP contribution in [0.15, 0.2) is 58.8 Å². The van der Waals surface area contributed by atoms with Crippen molar-refractivity contribution in [2.24, 2.45) is 10.2 Å². The van der Waals surface area contributed by atoms with Crippen molar-refractivity contribution in [2.45, 2.75) is 13.8 Å². The quantitative estimate of drug-likeness (QED) is 0.404. The first kappa shape index (κ1) is 18.6. The molecule has 128 valence electrons. The fraction of sp³-hybridized carbons (Fsp3) is 0.250. The van der Waals surface area contributed by atoms with E-state index in [2.05, 4.69) is 10.2 Å². The van der Waals surface area contributed by atoms with Crippen molar-refractivity contribution in [3.05, 3.63) is 53.6 Å². The molecule has 6 nitrogen and oxygen atoms in total. The van der Waals surface area contributed by atoms with E-state index >= 15 is 0 Å². The highest BCUT2D eigenvalue weighted by Crippen LogP contribution is 2.49. The lowest BCUT2D eigenvalue weighted by atomic mass is 10.3. The first-order valence-electron chi connectivity index (χ1n) is 7.40. The van der Waals surface area contributed by atoms with E-state index in [0.717, 1.165) is 0 Å². The third-order valence-corrected chi connectivity index (χ3v) is 4.57. The Labute approximate surface area is 146 Å². The molecule has 0 bridgehead atoms. The van der Waals surface area contributed by atoms with Crippen LogP contribution in [0.25, 0.3) is 0 Å². The molecular weight excluding hydrogens is 351 g/mol. The van der Waals surface area contributed by atoms with E-state index in [9.17, 15) is 4.57 Å². The minimum atomic E-state index is -3.59. The average molecular weight is 369 g/mol. The van der Waals surface area contributed by atoms with Gasteiger partial charge in [-0.25, -0.2) is 4.57 Å². The molecule has 8 heteroatoms. The smallest absolute Gasteiger partial charge is 0.404 e. The maximum atomic E-state index is 12.3. The van der Waals surface area contributed by atoms with Crippen LogP contribution in [-0.2, 0) is 13.6 Å². The molecule has 0 N–H and O–H groups in total. The zero-order valence-corrected chi connectivity index (χ0v) is 15.0. The second kappa shape index (κ2) is 8.94. The van der Waals surface area contributed by atoms with Crippen LogP contribution in [0, 0.1) is 0 Å². The lowest BCUT2D eigenvalue weighted by Crippen LogP contribution is -2.02. The number of benzene rings is 2. The number of nitrogens with zero attached hydrogens (tertiary/aromatic N) is 2. The Kier molecular flexibility index (Phi) is 6.94. The minimum Gasteiger partial charge on any atom is -0.404 e. The summed E-state index contributed by atoms with van der Waals surface area (Å²) >= 11 is 5.81. The highest BCUT2D eigenvalue weighted by molar-refractivity contribution is 7.48. The molecule has 0 aliphatic carbocycles. The van der Waals surface area contributed by atoms with Gasteiger partial charge in [-0.15, -0.1) is 0 Å². The first-order chi connectivity index (χ1) is 11.5. The minimum absolute atomic E-state index is 0.227.